The molecule has 106 valence electrons. The van der Waals surface area contributed by atoms with E-state index >= 15 is 0 Å². The zero-order valence-electron chi connectivity index (χ0n) is 11.8. The van der Waals surface area contributed by atoms with Crippen LogP contribution >= 0.6 is 11.6 Å². The first-order chi connectivity index (χ1) is 10.8. The van der Waals surface area contributed by atoms with Gasteiger partial charge in [-0.2, -0.15) is 0 Å². The lowest BCUT2D eigenvalue weighted by atomic mass is 9.96. The number of fused-ring (bicyclic) bond motifs is 2. The number of aromatic nitrogens is 1. The fourth-order valence-corrected chi connectivity index (χ4v) is 2.94. The lowest BCUT2D eigenvalue weighted by Gasteiger charge is -2.10. The Hall–Kier alpha value is -2.45. The maximum Gasteiger partial charge on any atom is 0.0856 e. The summed E-state index contributed by atoms with van der Waals surface area (Å²) in [6.45, 7) is 0. The third-order valence-corrected chi connectivity index (χ3v) is 4.07. The van der Waals surface area contributed by atoms with E-state index in [-0.39, 0.29) is 0 Å². The molecule has 0 unspecified atom stereocenters. The fraction of sp³-hybridized carbons (Fsp3) is 0.0526. The molecule has 2 nitrogen and oxygen atoms in total. The molecule has 3 aromatic rings. The number of aliphatic imine (C=N–C) groups is 1. The average Bonchev–Trinajstić information content (AvgIpc) is 2.72. The van der Waals surface area contributed by atoms with Crippen LogP contribution < -0.4 is 0 Å². The Morgan fingerprint density at radius 2 is 1.77 bits per heavy atom. The summed E-state index contributed by atoms with van der Waals surface area (Å²) in [7, 11) is 0. The van der Waals surface area contributed by atoms with Crippen LogP contribution in [0.25, 0.3) is 0 Å². The highest BCUT2D eigenvalue weighted by Crippen LogP contribution is 2.30. The second-order valence-electron chi connectivity index (χ2n) is 5.27. The van der Waals surface area contributed by atoms with Crippen LogP contribution in [0.4, 0.5) is 5.69 Å². The van der Waals surface area contributed by atoms with E-state index in [1.54, 1.807) is 0 Å². The second kappa shape index (κ2) is 5.39. The van der Waals surface area contributed by atoms with Gasteiger partial charge in [0.05, 0.1) is 17.1 Å². The molecular formula is C19H13ClN2. The summed E-state index contributed by atoms with van der Waals surface area (Å²) in [5.41, 5.74) is 6.24. The largest absolute Gasteiger partial charge is 0.259 e. The third-order valence-electron chi connectivity index (χ3n) is 3.83. The van der Waals surface area contributed by atoms with Crippen LogP contribution in [0.2, 0.25) is 5.02 Å². The summed E-state index contributed by atoms with van der Waals surface area (Å²) in [4.78, 5) is 9.38. The van der Waals surface area contributed by atoms with Crippen molar-refractivity contribution in [3.05, 3.63) is 94.3 Å². The highest BCUT2D eigenvalue weighted by Gasteiger charge is 2.18. The van der Waals surface area contributed by atoms with Crippen molar-refractivity contribution in [2.45, 2.75) is 6.42 Å². The highest BCUT2D eigenvalue weighted by molar-refractivity contribution is 6.31. The molecule has 4 rings (SSSR count). The normalized spacial score (nSPS) is 12.9. The molecule has 22 heavy (non-hydrogen) atoms. The van der Waals surface area contributed by atoms with Crippen LogP contribution in [0, 0.1) is 0 Å². The van der Waals surface area contributed by atoms with Gasteiger partial charge in [0.2, 0.25) is 0 Å². The molecule has 1 aliphatic heterocycles. The molecule has 2 heterocycles. The van der Waals surface area contributed by atoms with Gasteiger partial charge in [0.15, 0.2) is 0 Å². The van der Waals surface area contributed by atoms with E-state index in [9.17, 15) is 0 Å². The number of hydrogen-bond acceptors (Lipinski definition) is 2. The Bertz CT molecular complexity index is 870. The lowest BCUT2D eigenvalue weighted by Crippen LogP contribution is -2.05. The van der Waals surface area contributed by atoms with Gasteiger partial charge in [-0.05, 0) is 29.8 Å². The molecule has 0 amide bonds. The summed E-state index contributed by atoms with van der Waals surface area (Å²) in [6, 6.07) is 20.1. The van der Waals surface area contributed by atoms with Crippen molar-refractivity contribution in [2.75, 3.05) is 0 Å². The first-order valence-electron chi connectivity index (χ1n) is 7.18. The Morgan fingerprint density at radius 3 is 2.64 bits per heavy atom. The highest BCUT2D eigenvalue weighted by atomic mass is 35.5. The maximum absolute atomic E-state index is 6.22. The topological polar surface area (TPSA) is 25.2 Å². The zero-order valence-corrected chi connectivity index (χ0v) is 12.6. The van der Waals surface area contributed by atoms with Crippen molar-refractivity contribution in [1.29, 1.82) is 0 Å². The van der Waals surface area contributed by atoms with Gasteiger partial charge in [0.1, 0.15) is 0 Å². The number of nitrogens with zero attached hydrogens (tertiary/aromatic N) is 2. The first-order valence-corrected chi connectivity index (χ1v) is 7.56. The van der Waals surface area contributed by atoms with Gasteiger partial charge in [-0.3, -0.25) is 4.98 Å². The summed E-state index contributed by atoms with van der Waals surface area (Å²) in [5, 5.41) is 0.723. The molecule has 0 radical (unpaired) electrons. The van der Waals surface area contributed by atoms with Crippen LogP contribution in [0.3, 0.4) is 0 Å². The zero-order chi connectivity index (χ0) is 14.9. The first kappa shape index (κ1) is 13.2. The number of hydrogen-bond donors (Lipinski definition) is 0. The molecule has 0 fully saturated rings. The van der Waals surface area contributed by atoms with Gasteiger partial charge >= 0.3 is 0 Å². The third kappa shape index (κ3) is 2.32. The van der Waals surface area contributed by atoms with Crippen LogP contribution in [0.5, 0.6) is 0 Å². The molecule has 2 aromatic carbocycles. The van der Waals surface area contributed by atoms with Crippen LogP contribution in [0.1, 0.15) is 22.4 Å². The molecule has 1 aliphatic rings. The van der Waals surface area contributed by atoms with Crippen molar-refractivity contribution >= 4 is 23.0 Å². The summed E-state index contributed by atoms with van der Waals surface area (Å²) in [6.07, 6.45) is 2.58. The molecule has 1 aromatic heterocycles. The maximum atomic E-state index is 6.22. The van der Waals surface area contributed by atoms with Crippen molar-refractivity contribution in [2.24, 2.45) is 4.99 Å². The summed E-state index contributed by atoms with van der Waals surface area (Å²) < 4.78 is 0. The van der Waals surface area contributed by atoms with Gasteiger partial charge in [-0.1, -0.05) is 48.0 Å². The Morgan fingerprint density at radius 1 is 0.909 bits per heavy atom. The van der Waals surface area contributed by atoms with Crippen molar-refractivity contribution in [1.82, 2.24) is 4.98 Å². The average molecular weight is 305 g/mol. The molecule has 0 bridgehead atoms. The van der Waals surface area contributed by atoms with E-state index in [0.717, 1.165) is 39.7 Å². The molecule has 3 heteroatoms. The van der Waals surface area contributed by atoms with Gasteiger partial charge < -0.3 is 0 Å². The van der Waals surface area contributed by atoms with Gasteiger partial charge in [-0.15, -0.1) is 0 Å². The second-order valence-corrected chi connectivity index (χ2v) is 5.71. The predicted molar refractivity (Wildman–Crippen MR) is 90.2 cm³/mol. The van der Waals surface area contributed by atoms with E-state index in [1.807, 2.05) is 48.7 Å². The van der Waals surface area contributed by atoms with Crippen molar-refractivity contribution < 1.29 is 0 Å². The standard InChI is InChI=1S/C19H13ClN2/c20-15-9-8-14-11-18-17(7-4-10-21-18)22-19(16(14)12-15)13-5-2-1-3-6-13/h1-10,12H,11H2. The molecule has 0 N–H and O–H groups in total. The number of halogens is 1. The predicted octanol–water partition coefficient (Wildman–Crippen LogP) is 4.81. The molecular weight excluding hydrogens is 292 g/mol. The molecule has 0 saturated heterocycles. The number of rotatable bonds is 1. The summed E-state index contributed by atoms with van der Waals surface area (Å²) >= 11 is 6.22. The van der Waals surface area contributed by atoms with Gasteiger partial charge in [0, 0.05) is 28.8 Å². The van der Waals surface area contributed by atoms with Crippen molar-refractivity contribution in [3.63, 3.8) is 0 Å². The van der Waals surface area contributed by atoms with E-state index < -0.39 is 0 Å². The summed E-state index contributed by atoms with van der Waals surface area (Å²) in [5.74, 6) is 0. The van der Waals surface area contributed by atoms with E-state index in [0.29, 0.717) is 0 Å². The SMILES string of the molecule is Clc1ccc2c(c1)C(c1ccccc1)=Nc1cccnc1C2. The monoisotopic (exact) mass is 304 g/mol. The quantitative estimate of drug-likeness (QED) is 0.495. The fourth-order valence-electron chi connectivity index (χ4n) is 2.77. The lowest BCUT2D eigenvalue weighted by molar-refractivity contribution is 1.08. The molecule has 0 aliphatic carbocycles. The van der Waals surface area contributed by atoms with E-state index in [1.165, 1.54) is 5.56 Å². The van der Waals surface area contributed by atoms with Gasteiger partial charge in [-0.25, -0.2) is 4.99 Å². The Labute approximate surface area is 134 Å². The molecule has 0 spiro atoms. The molecule has 0 atom stereocenters. The van der Waals surface area contributed by atoms with Crippen LogP contribution in [0.15, 0.2) is 71.9 Å². The number of benzene rings is 2. The van der Waals surface area contributed by atoms with E-state index in [4.69, 9.17) is 16.6 Å². The van der Waals surface area contributed by atoms with Crippen LogP contribution in [-0.2, 0) is 6.42 Å². The van der Waals surface area contributed by atoms with E-state index in [2.05, 4.69) is 23.2 Å². The van der Waals surface area contributed by atoms with Crippen molar-refractivity contribution in [3.8, 4) is 0 Å². The molecule has 0 saturated carbocycles. The minimum Gasteiger partial charge on any atom is -0.259 e. The number of pyridine rings is 1. The minimum absolute atomic E-state index is 0.723. The van der Waals surface area contributed by atoms with Gasteiger partial charge in [0.25, 0.3) is 0 Å². The smallest absolute Gasteiger partial charge is 0.0856 e. The van der Waals surface area contributed by atoms with Crippen LogP contribution in [-0.4, -0.2) is 10.7 Å². The Balaban J connectivity index is 2.01. The Kier molecular flexibility index (Phi) is 3.24. The minimum atomic E-state index is 0.723.